The maximum Gasteiger partial charge on any atom is 0.0910 e. The maximum absolute atomic E-state index is 6.10. The SMILES string of the molecule is CCN1CCOC(CI)(CCN(C)C(C)C)C1. The third kappa shape index (κ3) is 4.65. The molecule has 1 aliphatic heterocycles. The third-order valence-corrected chi connectivity index (χ3v) is 5.21. The van der Waals surface area contributed by atoms with E-state index >= 15 is 0 Å². The van der Waals surface area contributed by atoms with E-state index in [0.29, 0.717) is 6.04 Å². The fraction of sp³-hybridized carbons (Fsp3) is 1.00. The van der Waals surface area contributed by atoms with E-state index in [9.17, 15) is 0 Å². The number of likely N-dealkylation sites (N-methyl/N-ethyl adjacent to an activating group) is 1. The lowest BCUT2D eigenvalue weighted by molar-refractivity contribution is -0.0986. The van der Waals surface area contributed by atoms with Gasteiger partial charge in [-0.15, -0.1) is 0 Å². The monoisotopic (exact) mass is 354 g/mol. The van der Waals surface area contributed by atoms with Gasteiger partial charge in [-0.25, -0.2) is 0 Å². The molecule has 0 aromatic carbocycles. The number of morpholine rings is 1. The van der Waals surface area contributed by atoms with Crippen molar-refractivity contribution < 1.29 is 4.74 Å². The standard InChI is InChI=1S/C13H27IN2O/c1-5-16-8-9-17-13(10-14,11-16)6-7-15(4)12(2)3/h12H,5-11H2,1-4H3. The third-order valence-electron chi connectivity index (χ3n) is 3.82. The number of rotatable bonds is 6. The molecule has 102 valence electrons. The summed E-state index contributed by atoms with van der Waals surface area (Å²) in [5.41, 5.74) is 0.0813. The number of hydrogen-bond donors (Lipinski definition) is 0. The summed E-state index contributed by atoms with van der Waals surface area (Å²) in [6.07, 6.45) is 1.14. The van der Waals surface area contributed by atoms with Crippen molar-refractivity contribution in [2.75, 3.05) is 44.3 Å². The van der Waals surface area contributed by atoms with Gasteiger partial charge in [-0.05, 0) is 33.9 Å². The lowest BCUT2D eigenvalue weighted by atomic mass is 9.99. The Hall–Kier alpha value is 0.610. The van der Waals surface area contributed by atoms with Crippen LogP contribution in [0.4, 0.5) is 0 Å². The molecule has 0 N–H and O–H groups in total. The Bertz CT molecular complexity index is 225. The van der Waals surface area contributed by atoms with Crippen LogP contribution in [0.15, 0.2) is 0 Å². The summed E-state index contributed by atoms with van der Waals surface area (Å²) in [6.45, 7) is 12.1. The molecule has 0 aromatic heterocycles. The van der Waals surface area contributed by atoms with Gasteiger partial charge in [0.1, 0.15) is 0 Å². The summed E-state index contributed by atoms with van der Waals surface area (Å²) in [4.78, 5) is 4.92. The van der Waals surface area contributed by atoms with Crippen molar-refractivity contribution in [3.8, 4) is 0 Å². The molecule has 0 aromatic rings. The van der Waals surface area contributed by atoms with Crippen molar-refractivity contribution in [3.05, 3.63) is 0 Å². The zero-order chi connectivity index (χ0) is 12.9. The molecule has 3 nitrogen and oxygen atoms in total. The summed E-state index contributed by atoms with van der Waals surface area (Å²) in [5.74, 6) is 0. The highest BCUT2D eigenvalue weighted by molar-refractivity contribution is 14.1. The minimum atomic E-state index is 0.0813. The highest BCUT2D eigenvalue weighted by Crippen LogP contribution is 2.25. The number of alkyl halides is 1. The van der Waals surface area contributed by atoms with Gasteiger partial charge in [0, 0.05) is 30.1 Å². The van der Waals surface area contributed by atoms with Crippen LogP contribution < -0.4 is 0 Å². The number of hydrogen-bond acceptors (Lipinski definition) is 3. The minimum absolute atomic E-state index is 0.0813. The average molecular weight is 354 g/mol. The Morgan fingerprint density at radius 1 is 1.47 bits per heavy atom. The largest absolute Gasteiger partial charge is 0.371 e. The van der Waals surface area contributed by atoms with E-state index in [4.69, 9.17) is 4.74 Å². The Kier molecular flexibility index (Phi) is 6.69. The van der Waals surface area contributed by atoms with Gasteiger partial charge in [0.2, 0.25) is 0 Å². The average Bonchev–Trinajstić information content (AvgIpc) is 2.36. The smallest absolute Gasteiger partial charge is 0.0910 e. The van der Waals surface area contributed by atoms with E-state index in [1.165, 1.54) is 0 Å². The molecule has 0 spiro atoms. The normalized spacial score (nSPS) is 27.0. The first-order valence-electron chi connectivity index (χ1n) is 6.65. The second kappa shape index (κ2) is 7.26. The molecule has 0 radical (unpaired) electrons. The summed E-state index contributed by atoms with van der Waals surface area (Å²) >= 11 is 2.48. The first-order chi connectivity index (χ1) is 8.03. The molecule has 1 unspecified atom stereocenters. The predicted octanol–water partition coefficient (Wildman–Crippen LogP) is 2.24. The number of halogens is 1. The molecule has 1 heterocycles. The van der Waals surface area contributed by atoms with Crippen molar-refractivity contribution in [1.29, 1.82) is 0 Å². The zero-order valence-corrected chi connectivity index (χ0v) is 13.9. The van der Waals surface area contributed by atoms with Gasteiger partial charge in [0.25, 0.3) is 0 Å². The van der Waals surface area contributed by atoms with Gasteiger partial charge in [0.05, 0.1) is 12.2 Å². The molecule has 1 atom stereocenters. The summed E-state index contributed by atoms with van der Waals surface area (Å²) < 4.78 is 7.19. The van der Waals surface area contributed by atoms with Crippen molar-refractivity contribution in [3.63, 3.8) is 0 Å². The fourth-order valence-corrected chi connectivity index (χ4v) is 2.97. The van der Waals surface area contributed by atoms with Crippen LogP contribution in [0.2, 0.25) is 0 Å². The van der Waals surface area contributed by atoms with Gasteiger partial charge in [-0.3, -0.25) is 4.90 Å². The van der Waals surface area contributed by atoms with Crippen molar-refractivity contribution in [2.24, 2.45) is 0 Å². The van der Waals surface area contributed by atoms with Crippen LogP contribution >= 0.6 is 22.6 Å². The van der Waals surface area contributed by atoms with Crippen LogP contribution in [0.1, 0.15) is 27.2 Å². The fourth-order valence-electron chi connectivity index (χ4n) is 2.13. The molecule has 0 bridgehead atoms. The van der Waals surface area contributed by atoms with E-state index in [0.717, 1.165) is 43.6 Å². The van der Waals surface area contributed by atoms with Gasteiger partial charge in [-0.2, -0.15) is 0 Å². The first-order valence-corrected chi connectivity index (χ1v) is 8.18. The summed E-state index contributed by atoms with van der Waals surface area (Å²) in [5, 5.41) is 0. The Balaban J connectivity index is 2.50. The Morgan fingerprint density at radius 3 is 2.71 bits per heavy atom. The second-order valence-corrected chi connectivity index (χ2v) is 6.12. The van der Waals surface area contributed by atoms with Crippen LogP contribution in [-0.4, -0.2) is 65.7 Å². The molecule has 1 aliphatic rings. The van der Waals surface area contributed by atoms with E-state index in [1.54, 1.807) is 0 Å². The maximum atomic E-state index is 6.10. The highest BCUT2D eigenvalue weighted by atomic mass is 127. The molecular formula is C13H27IN2O. The molecule has 4 heteroatoms. The molecule has 1 rings (SSSR count). The van der Waals surface area contributed by atoms with Gasteiger partial charge < -0.3 is 9.64 Å². The van der Waals surface area contributed by atoms with Crippen LogP contribution in [0, 0.1) is 0 Å². The zero-order valence-electron chi connectivity index (χ0n) is 11.7. The molecule has 1 fully saturated rings. The molecule has 0 amide bonds. The summed E-state index contributed by atoms with van der Waals surface area (Å²) in [7, 11) is 2.20. The molecule has 1 saturated heterocycles. The second-order valence-electron chi connectivity index (χ2n) is 5.36. The van der Waals surface area contributed by atoms with Crippen LogP contribution in [0.5, 0.6) is 0 Å². The van der Waals surface area contributed by atoms with E-state index in [2.05, 4.69) is 60.2 Å². The van der Waals surface area contributed by atoms with Crippen LogP contribution in [0.3, 0.4) is 0 Å². The van der Waals surface area contributed by atoms with Crippen LogP contribution in [0.25, 0.3) is 0 Å². The molecule has 0 saturated carbocycles. The number of nitrogens with zero attached hydrogens (tertiary/aromatic N) is 2. The van der Waals surface area contributed by atoms with E-state index in [1.807, 2.05) is 0 Å². The molecular weight excluding hydrogens is 327 g/mol. The molecule has 0 aliphatic carbocycles. The van der Waals surface area contributed by atoms with E-state index < -0.39 is 0 Å². The topological polar surface area (TPSA) is 15.7 Å². The molecule has 17 heavy (non-hydrogen) atoms. The van der Waals surface area contributed by atoms with Gasteiger partial charge in [0.15, 0.2) is 0 Å². The number of ether oxygens (including phenoxy) is 1. The Labute approximate surface area is 120 Å². The van der Waals surface area contributed by atoms with Gasteiger partial charge >= 0.3 is 0 Å². The minimum Gasteiger partial charge on any atom is -0.371 e. The Morgan fingerprint density at radius 2 is 2.18 bits per heavy atom. The quantitative estimate of drug-likeness (QED) is 0.538. The summed E-state index contributed by atoms with van der Waals surface area (Å²) in [6, 6.07) is 0.618. The first kappa shape index (κ1) is 15.7. The predicted molar refractivity (Wildman–Crippen MR) is 82.1 cm³/mol. The lowest BCUT2D eigenvalue weighted by Crippen LogP contribution is -2.54. The van der Waals surface area contributed by atoms with Crippen molar-refractivity contribution in [1.82, 2.24) is 9.80 Å². The highest BCUT2D eigenvalue weighted by Gasteiger charge is 2.35. The van der Waals surface area contributed by atoms with Crippen molar-refractivity contribution in [2.45, 2.75) is 38.8 Å². The van der Waals surface area contributed by atoms with Crippen molar-refractivity contribution >= 4 is 22.6 Å². The van der Waals surface area contributed by atoms with Crippen LogP contribution in [-0.2, 0) is 4.74 Å². The van der Waals surface area contributed by atoms with Gasteiger partial charge in [-0.1, -0.05) is 29.5 Å². The van der Waals surface area contributed by atoms with E-state index in [-0.39, 0.29) is 5.60 Å². The lowest BCUT2D eigenvalue weighted by Gasteiger charge is -2.42.